The first-order valence-electron chi connectivity index (χ1n) is 5.60. The molecule has 0 fully saturated rings. The highest BCUT2D eigenvalue weighted by Gasteiger charge is 2.09. The predicted octanol–water partition coefficient (Wildman–Crippen LogP) is 0.860. The second kappa shape index (κ2) is 5.72. The number of amides is 2. The number of nitrogens with zero attached hydrogens (tertiary/aromatic N) is 2. The van der Waals surface area contributed by atoms with E-state index in [2.05, 4.69) is 20.8 Å². The molecule has 0 atom stereocenters. The Kier molecular flexibility index (Phi) is 3.82. The van der Waals surface area contributed by atoms with Gasteiger partial charge in [-0.05, 0) is 19.1 Å². The normalized spacial score (nSPS) is 9.74. The fraction of sp³-hybridized carbons (Fsp3) is 0.0769. The summed E-state index contributed by atoms with van der Waals surface area (Å²) in [5.74, 6) is -0.907. The van der Waals surface area contributed by atoms with Crippen molar-refractivity contribution in [2.45, 2.75) is 6.92 Å². The molecule has 6 nitrogen and oxygen atoms in total. The lowest BCUT2D eigenvalue weighted by Gasteiger charge is -2.07. The van der Waals surface area contributed by atoms with E-state index >= 15 is 0 Å². The Morgan fingerprint density at radius 1 is 1.11 bits per heavy atom. The number of hydrazine groups is 1. The van der Waals surface area contributed by atoms with Gasteiger partial charge in [0, 0.05) is 18.0 Å². The maximum absolute atomic E-state index is 11.8. The number of hydrogen-bond acceptors (Lipinski definition) is 4. The SMILES string of the molecule is Cc1cccc(C(=O)NNC(=O)c2cnccn2)c1. The number of nitrogens with one attached hydrogen (secondary N) is 2. The van der Waals surface area contributed by atoms with E-state index in [1.54, 1.807) is 18.2 Å². The molecule has 0 saturated carbocycles. The Balaban J connectivity index is 1.96. The molecule has 19 heavy (non-hydrogen) atoms. The molecule has 0 aliphatic rings. The maximum atomic E-state index is 11.8. The number of carbonyl (C=O) groups is 2. The van der Waals surface area contributed by atoms with Crippen LogP contribution in [0.5, 0.6) is 0 Å². The Morgan fingerprint density at radius 3 is 2.58 bits per heavy atom. The smallest absolute Gasteiger partial charge is 0.267 e. The fourth-order valence-corrected chi connectivity index (χ4v) is 1.45. The van der Waals surface area contributed by atoms with E-state index in [9.17, 15) is 9.59 Å². The van der Waals surface area contributed by atoms with Crippen molar-refractivity contribution in [1.29, 1.82) is 0 Å². The molecule has 0 spiro atoms. The standard InChI is InChI=1S/C13H12N4O2/c1-9-3-2-4-10(7-9)12(18)16-17-13(19)11-8-14-5-6-15-11/h2-8H,1H3,(H,16,18)(H,17,19). The monoisotopic (exact) mass is 256 g/mol. The van der Waals surface area contributed by atoms with Crippen molar-refractivity contribution in [3.63, 3.8) is 0 Å². The van der Waals surface area contributed by atoms with Gasteiger partial charge in [-0.1, -0.05) is 17.7 Å². The molecule has 1 aromatic heterocycles. The van der Waals surface area contributed by atoms with Gasteiger partial charge in [0.05, 0.1) is 6.20 Å². The van der Waals surface area contributed by atoms with Crippen molar-refractivity contribution in [3.8, 4) is 0 Å². The van der Waals surface area contributed by atoms with Crippen LogP contribution >= 0.6 is 0 Å². The first kappa shape index (κ1) is 12.7. The van der Waals surface area contributed by atoms with Gasteiger partial charge in [-0.25, -0.2) is 4.98 Å². The van der Waals surface area contributed by atoms with Crippen LogP contribution in [0.1, 0.15) is 26.4 Å². The number of hydrogen-bond donors (Lipinski definition) is 2. The summed E-state index contributed by atoms with van der Waals surface area (Å²) in [6.07, 6.45) is 4.17. The fourth-order valence-electron chi connectivity index (χ4n) is 1.45. The highest BCUT2D eigenvalue weighted by Crippen LogP contribution is 2.03. The molecule has 96 valence electrons. The van der Waals surface area contributed by atoms with Crippen LogP contribution < -0.4 is 10.9 Å². The second-order valence-corrected chi connectivity index (χ2v) is 3.87. The highest BCUT2D eigenvalue weighted by atomic mass is 16.2. The summed E-state index contributed by atoms with van der Waals surface area (Å²) >= 11 is 0. The van der Waals surface area contributed by atoms with Crippen molar-refractivity contribution >= 4 is 11.8 Å². The largest absolute Gasteiger partial charge is 0.289 e. The molecule has 0 saturated heterocycles. The molecule has 0 unspecified atom stereocenters. The third kappa shape index (κ3) is 3.35. The Labute approximate surface area is 109 Å². The van der Waals surface area contributed by atoms with E-state index in [4.69, 9.17) is 0 Å². The van der Waals surface area contributed by atoms with E-state index in [1.807, 2.05) is 13.0 Å². The molecular weight excluding hydrogens is 244 g/mol. The van der Waals surface area contributed by atoms with Gasteiger partial charge in [-0.3, -0.25) is 25.4 Å². The van der Waals surface area contributed by atoms with Gasteiger partial charge < -0.3 is 0 Å². The number of aryl methyl sites for hydroxylation is 1. The summed E-state index contributed by atoms with van der Waals surface area (Å²) in [4.78, 5) is 31.0. The lowest BCUT2D eigenvalue weighted by Crippen LogP contribution is -2.42. The Morgan fingerprint density at radius 2 is 1.89 bits per heavy atom. The minimum Gasteiger partial charge on any atom is -0.267 e. The molecule has 2 amide bonds. The van der Waals surface area contributed by atoms with Gasteiger partial charge in [-0.15, -0.1) is 0 Å². The molecule has 0 radical (unpaired) electrons. The van der Waals surface area contributed by atoms with Crippen LogP contribution in [0, 0.1) is 6.92 Å². The zero-order valence-electron chi connectivity index (χ0n) is 10.3. The molecule has 0 bridgehead atoms. The quantitative estimate of drug-likeness (QED) is 0.780. The zero-order valence-corrected chi connectivity index (χ0v) is 10.3. The van der Waals surface area contributed by atoms with E-state index in [-0.39, 0.29) is 11.6 Å². The summed E-state index contributed by atoms with van der Waals surface area (Å²) in [6.45, 7) is 1.88. The topological polar surface area (TPSA) is 84.0 Å². The average Bonchev–Trinajstić information content (AvgIpc) is 2.45. The number of carbonyl (C=O) groups excluding carboxylic acids is 2. The van der Waals surface area contributed by atoms with Crippen LogP contribution in [-0.2, 0) is 0 Å². The zero-order chi connectivity index (χ0) is 13.7. The summed E-state index contributed by atoms with van der Waals surface area (Å²) in [6, 6.07) is 7.05. The molecule has 1 aromatic carbocycles. The summed E-state index contributed by atoms with van der Waals surface area (Å²) in [5, 5.41) is 0. The number of benzene rings is 1. The number of rotatable bonds is 2. The van der Waals surface area contributed by atoms with Crippen LogP contribution in [-0.4, -0.2) is 21.8 Å². The molecule has 2 rings (SSSR count). The predicted molar refractivity (Wildman–Crippen MR) is 68.1 cm³/mol. The third-order valence-corrected chi connectivity index (χ3v) is 2.37. The molecule has 0 aliphatic heterocycles. The summed E-state index contributed by atoms with van der Waals surface area (Å²) in [5.41, 5.74) is 6.16. The highest BCUT2D eigenvalue weighted by molar-refractivity contribution is 5.98. The lowest BCUT2D eigenvalue weighted by molar-refractivity contribution is 0.0843. The Hall–Kier alpha value is -2.76. The maximum Gasteiger partial charge on any atom is 0.289 e. The first-order valence-corrected chi connectivity index (χ1v) is 5.60. The second-order valence-electron chi connectivity index (χ2n) is 3.87. The third-order valence-electron chi connectivity index (χ3n) is 2.37. The van der Waals surface area contributed by atoms with Crippen molar-refractivity contribution in [1.82, 2.24) is 20.8 Å². The number of aromatic nitrogens is 2. The molecule has 2 aromatic rings. The van der Waals surface area contributed by atoms with E-state index in [0.29, 0.717) is 5.56 Å². The molecular formula is C13H12N4O2. The molecule has 2 N–H and O–H groups in total. The average molecular weight is 256 g/mol. The molecule has 1 heterocycles. The van der Waals surface area contributed by atoms with Crippen molar-refractivity contribution in [2.24, 2.45) is 0 Å². The van der Waals surface area contributed by atoms with Gasteiger partial charge in [0.2, 0.25) is 0 Å². The molecule has 6 heteroatoms. The van der Waals surface area contributed by atoms with Gasteiger partial charge in [0.25, 0.3) is 11.8 Å². The van der Waals surface area contributed by atoms with Crippen molar-refractivity contribution in [3.05, 3.63) is 59.7 Å². The van der Waals surface area contributed by atoms with Gasteiger partial charge in [0.1, 0.15) is 5.69 Å². The van der Waals surface area contributed by atoms with E-state index in [0.717, 1.165) is 5.56 Å². The first-order chi connectivity index (χ1) is 9.16. The van der Waals surface area contributed by atoms with Crippen molar-refractivity contribution in [2.75, 3.05) is 0 Å². The summed E-state index contributed by atoms with van der Waals surface area (Å²) in [7, 11) is 0. The molecule has 0 aliphatic carbocycles. The van der Waals surface area contributed by atoms with Crippen LogP contribution in [0.25, 0.3) is 0 Å². The van der Waals surface area contributed by atoms with E-state index in [1.165, 1.54) is 18.6 Å². The van der Waals surface area contributed by atoms with Crippen LogP contribution in [0.4, 0.5) is 0 Å². The lowest BCUT2D eigenvalue weighted by atomic mass is 10.1. The van der Waals surface area contributed by atoms with Crippen LogP contribution in [0.15, 0.2) is 42.9 Å². The van der Waals surface area contributed by atoms with E-state index < -0.39 is 5.91 Å². The van der Waals surface area contributed by atoms with Crippen LogP contribution in [0.3, 0.4) is 0 Å². The van der Waals surface area contributed by atoms with Gasteiger partial charge in [-0.2, -0.15) is 0 Å². The van der Waals surface area contributed by atoms with Crippen molar-refractivity contribution < 1.29 is 9.59 Å². The minimum atomic E-state index is -0.519. The summed E-state index contributed by atoms with van der Waals surface area (Å²) < 4.78 is 0. The minimum absolute atomic E-state index is 0.132. The van der Waals surface area contributed by atoms with Crippen LogP contribution in [0.2, 0.25) is 0 Å². The Bertz CT molecular complexity index is 599. The van der Waals surface area contributed by atoms with Gasteiger partial charge >= 0.3 is 0 Å². The van der Waals surface area contributed by atoms with Gasteiger partial charge in [0.15, 0.2) is 0 Å².